The summed E-state index contributed by atoms with van der Waals surface area (Å²) in [7, 11) is 0. The van der Waals surface area contributed by atoms with Gasteiger partial charge < -0.3 is 25.0 Å². The third-order valence-electron chi connectivity index (χ3n) is 4.99. The van der Waals surface area contributed by atoms with Crippen LogP contribution in [0.3, 0.4) is 0 Å². The van der Waals surface area contributed by atoms with Gasteiger partial charge in [-0.25, -0.2) is 4.99 Å². The molecule has 0 saturated carbocycles. The number of ether oxygens (including phenoxy) is 2. The summed E-state index contributed by atoms with van der Waals surface area (Å²) >= 11 is 0. The first-order valence-electron chi connectivity index (χ1n) is 10.7. The molecule has 28 heavy (non-hydrogen) atoms. The van der Waals surface area contributed by atoms with Crippen molar-refractivity contribution in [1.29, 1.82) is 0 Å². The molecule has 6 heteroatoms. The SMILES string of the molecule is CCNC(=NCc1ccc(C)cc1OC1CCOC1)NCCCN(CC)CC. The molecule has 0 radical (unpaired) electrons. The Hall–Kier alpha value is -1.79. The van der Waals surface area contributed by atoms with Gasteiger partial charge in [-0.15, -0.1) is 0 Å². The first-order chi connectivity index (χ1) is 13.7. The fraction of sp³-hybridized carbons (Fsp3) is 0.682. The van der Waals surface area contributed by atoms with E-state index in [1.165, 1.54) is 5.56 Å². The van der Waals surface area contributed by atoms with E-state index in [-0.39, 0.29) is 6.10 Å². The molecular weight excluding hydrogens is 352 g/mol. The molecule has 0 bridgehead atoms. The van der Waals surface area contributed by atoms with Crippen molar-refractivity contribution in [1.82, 2.24) is 15.5 Å². The van der Waals surface area contributed by atoms with Crippen LogP contribution in [0.15, 0.2) is 23.2 Å². The fourth-order valence-corrected chi connectivity index (χ4v) is 3.24. The van der Waals surface area contributed by atoms with Gasteiger partial charge in [0.2, 0.25) is 0 Å². The molecule has 0 amide bonds. The Labute approximate surface area is 170 Å². The number of aryl methyl sites for hydroxylation is 1. The summed E-state index contributed by atoms with van der Waals surface area (Å²) in [5.41, 5.74) is 2.31. The Morgan fingerprint density at radius 1 is 1.25 bits per heavy atom. The van der Waals surface area contributed by atoms with Crippen molar-refractivity contribution in [3.63, 3.8) is 0 Å². The average molecular weight is 391 g/mol. The molecule has 1 heterocycles. The van der Waals surface area contributed by atoms with E-state index in [0.29, 0.717) is 13.2 Å². The molecule has 158 valence electrons. The largest absolute Gasteiger partial charge is 0.488 e. The molecule has 2 N–H and O–H groups in total. The summed E-state index contributed by atoms with van der Waals surface area (Å²) in [6.07, 6.45) is 2.20. The molecule has 6 nitrogen and oxygen atoms in total. The number of rotatable bonds is 11. The van der Waals surface area contributed by atoms with Crippen LogP contribution in [0.25, 0.3) is 0 Å². The zero-order chi connectivity index (χ0) is 20.2. The van der Waals surface area contributed by atoms with Crippen LogP contribution in [-0.2, 0) is 11.3 Å². The van der Waals surface area contributed by atoms with Gasteiger partial charge in [-0.2, -0.15) is 0 Å². The van der Waals surface area contributed by atoms with E-state index in [0.717, 1.165) is 69.4 Å². The highest BCUT2D eigenvalue weighted by atomic mass is 16.5. The Balaban J connectivity index is 1.93. The van der Waals surface area contributed by atoms with Gasteiger partial charge in [0.15, 0.2) is 5.96 Å². The van der Waals surface area contributed by atoms with Gasteiger partial charge in [-0.05, 0) is 51.5 Å². The second-order valence-corrected chi connectivity index (χ2v) is 7.22. The van der Waals surface area contributed by atoms with E-state index < -0.39 is 0 Å². The van der Waals surface area contributed by atoms with Gasteiger partial charge in [0.1, 0.15) is 11.9 Å². The smallest absolute Gasteiger partial charge is 0.191 e. The van der Waals surface area contributed by atoms with E-state index in [4.69, 9.17) is 14.5 Å². The van der Waals surface area contributed by atoms with Crippen LogP contribution in [-0.4, -0.2) is 62.9 Å². The van der Waals surface area contributed by atoms with Crippen LogP contribution in [0.2, 0.25) is 0 Å². The molecule has 1 fully saturated rings. The average Bonchev–Trinajstić information content (AvgIpc) is 3.20. The van der Waals surface area contributed by atoms with Crippen molar-refractivity contribution in [2.45, 2.75) is 53.2 Å². The minimum absolute atomic E-state index is 0.149. The molecule has 1 aliphatic heterocycles. The lowest BCUT2D eigenvalue weighted by atomic mass is 10.1. The highest BCUT2D eigenvalue weighted by molar-refractivity contribution is 5.79. The molecule has 1 atom stereocenters. The molecule has 1 aromatic carbocycles. The normalized spacial score (nSPS) is 17.2. The quantitative estimate of drug-likeness (QED) is 0.346. The van der Waals surface area contributed by atoms with Crippen LogP contribution in [0.5, 0.6) is 5.75 Å². The van der Waals surface area contributed by atoms with Gasteiger partial charge in [-0.1, -0.05) is 26.0 Å². The number of hydrogen-bond donors (Lipinski definition) is 2. The summed E-state index contributed by atoms with van der Waals surface area (Å²) in [5.74, 6) is 1.79. The van der Waals surface area contributed by atoms with Gasteiger partial charge in [0.25, 0.3) is 0 Å². The Bertz CT molecular complexity index is 596. The van der Waals surface area contributed by atoms with E-state index >= 15 is 0 Å². The second kappa shape index (κ2) is 12.6. The zero-order valence-electron chi connectivity index (χ0n) is 18.1. The van der Waals surface area contributed by atoms with E-state index in [1.807, 2.05) is 0 Å². The topological polar surface area (TPSA) is 58.1 Å². The zero-order valence-corrected chi connectivity index (χ0v) is 18.1. The molecule has 0 aliphatic carbocycles. The first-order valence-corrected chi connectivity index (χ1v) is 10.7. The lowest BCUT2D eigenvalue weighted by molar-refractivity contribution is 0.140. The van der Waals surface area contributed by atoms with Gasteiger partial charge >= 0.3 is 0 Å². The van der Waals surface area contributed by atoms with E-state index in [9.17, 15) is 0 Å². The summed E-state index contributed by atoms with van der Waals surface area (Å²) in [6.45, 7) is 15.7. The highest BCUT2D eigenvalue weighted by Crippen LogP contribution is 2.24. The van der Waals surface area contributed by atoms with Gasteiger partial charge in [0, 0.05) is 25.1 Å². The standard InChI is InChI=1S/C22H38N4O2/c1-5-23-22(24-12-8-13-26(6-2)7-3)25-16-19-10-9-18(4)15-21(19)28-20-11-14-27-17-20/h9-10,15,20H,5-8,11-14,16-17H2,1-4H3,(H2,23,24,25). The molecule has 0 aromatic heterocycles. The predicted molar refractivity (Wildman–Crippen MR) is 116 cm³/mol. The minimum atomic E-state index is 0.149. The summed E-state index contributed by atoms with van der Waals surface area (Å²) in [6, 6.07) is 6.34. The Morgan fingerprint density at radius 3 is 2.75 bits per heavy atom. The van der Waals surface area contributed by atoms with Crippen LogP contribution in [0.4, 0.5) is 0 Å². The third-order valence-corrected chi connectivity index (χ3v) is 4.99. The van der Waals surface area contributed by atoms with Crippen molar-refractivity contribution < 1.29 is 9.47 Å². The maximum absolute atomic E-state index is 6.19. The van der Waals surface area contributed by atoms with Crippen molar-refractivity contribution >= 4 is 5.96 Å². The third kappa shape index (κ3) is 7.68. The van der Waals surface area contributed by atoms with Crippen LogP contribution < -0.4 is 15.4 Å². The van der Waals surface area contributed by atoms with Crippen LogP contribution >= 0.6 is 0 Å². The van der Waals surface area contributed by atoms with Gasteiger partial charge in [-0.3, -0.25) is 0 Å². The monoisotopic (exact) mass is 390 g/mol. The Morgan fingerprint density at radius 2 is 2.07 bits per heavy atom. The number of hydrogen-bond acceptors (Lipinski definition) is 4. The molecule has 2 rings (SSSR count). The van der Waals surface area contributed by atoms with Crippen molar-refractivity contribution in [3.8, 4) is 5.75 Å². The number of guanidine groups is 1. The summed E-state index contributed by atoms with van der Waals surface area (Å²) < 4.78 is 11.6. The van der Waals surface area contributed by atoms with E-state index in [2.05, 4.69) is 61.4 Å². The maximum Gasteiger partial charge on any atom is 0.191 e. The Kier molecular flexibility index (Phi) is 10.1. The minimum Gasteiger partial charge on any atom is -0.488 e. The number of aliphatic imine (C=N–C) groups is 1. The first kappa shape index (κ1) is 22.5. The lowest BCUT2D eigenvalue weighted by Crippen LogP contribution is -2.38. The summed E-state index contributed by atoms with van der Waals surface area (Å²) in [4.78, 5) is 7.21. The molecule has 1 saturated heterocycles. The molecule has 0 spiro atoms. The number of nitrogens with zero attached hydrogens (tertiary/aromatic N) is 2. The van der Waals surface area contributed by atoms with Crippen molar-refractivity contribution in [3.05, 3.63) is 29.3 Å². The van der Waals surface area contributed by atoms with Crippen LogP contribution in [0, 0.1) is 6.92 Å². The van der Waals surface area contributed by atoms with Crippen molar-refractivity contribution in [2.24, 2.45) is 4.99 Å². The van der Waals surface area contributed by atoms with Crippen molar-refractivity contribution in [2.75, 3.05) is 45.9 Å². The molecule has 1 aromatic rings. The number of nitrogens with one attached hydrogen (secondary N) is 2. The fourth-order valence-electron chi connectivity index (χ4n) is 3.24. The highest BCUT2D eigenvalue weighted by Gasteiger charge is 2.18. The van der Waals surface area contributed by atoms with Crippen LogP contribution in [0.1, 0.15) is 44.7 Å². The second-order valence-electron chi connectivity index (χ2n) is 7.22. The lowest BCUT2D eigenvalue weighted by Gasteiger charge is -2.18. The molecule has 1 unspecified atom stereocenters. The number of benzene rings is 1. The van der Waals surface area contributed by atoms with E-state index in [1.54, 1.807) is 0 Å². The van der Waals surface area contributed by atoms with Gasteiger partial charge in [0.05, 0.1) is 19.8 Å². The maximum atomic E-state index is 6.19. The predicted octanol–water partition coefficient (Wildman–Crippen LogP) is 2.95. The summed E-state index contributed by atoms with van der Waals surface area (Å²) in [5, 5.41) is 6.79. The molecule has 1 aliphatic rings. The molecular formula is C22H38N4O2.